The number of halogens is 6. The topological polar surface area (TPSA) is 0 Å². The van der Waals surface area contributed by atoms with Crippen LogP contribution in [0.25, 0.3) is 0 Å². The van der Waals surface area contributed by atoms with Crippen LogP contribution in [0.5, 0.6) is 0 Å². The van der Waals surface area contributed by atoms with Crippen molar-refractivity contribution in [3.63, 3.8) is 0 Å². The molecule has 0 radical (unpaired) electrons. The lowest BCUT2D eigenvalue weighted by Gasteiger charge is -2.05. The zero-order valence-corrected chi connectivity index (χ0v) is 12.2. The van der Waals surface area contributed by atoms with E-state index in [1.54, 1.807) is 13.8 Å². The van der Waals surface area contributed by atoms with Gasteiger partial charge in [0.2, 0.25) is 0 Å². The first-order valence-electron chi connectivity index (χ1n) is 6.42. The lowest BCUT2D eigenvalue weighted by atomic mass is 10.0. The van der Waals surface area contributed by atoms with Crippen molar-refractivity contribution < 1.29 is 22.0 Å². The molecule has 0 nitrogen and oxygen atoms in total. The molecule has 0 heterocycles. The summed E-state index contributed by atoms with van der Waals surface area (Å²) in [7, 11) is 0. The minimum absolute atomic E-state index is 0.204. The molecule has 0 amide bonds. The van der Waals surface area contributed by atoms with Gasteiger partial charge >= 0.3 is 6.18 Å². The van der Waals surface area contributed by atoms with Gasteiger partial charge in [-0.15, -0.1) is 0 Å². The molecule has 6 heteroatoms. The van der Waals surface area contributed by atoms with Gasteiger partial charge in [0.1, 0.15) is 5.82 Å². The predicted octanol–water partition coefficient (Wildman–Crippen LogP) is 5.71. The Labute approximate surface area is 124 Å². The highest BCUT2D eigenvalue weighted by Crippen LogP contribution is 2.61. The molecule has 0 saturated heterocycles. The number of hydrogen-bond acceptors (Lipinski definition) is 0. The lowest BCUT2D eigenvalue weighted by molar-refractivity contribution is -0.109. The van der Waals surface area contributed by atoms with E-state index in [2.05, 4.69) is 0 Å². The molecule has 116 valence electrons. The van der Waals surface area contributed by atoms with Crippen LogP contribution < -0.4 is 0 Å². The van der Waals surface area contributed by atoms with Crippen molar-refractivity contribution >= 4 is 11.6 Å². The van der Waals surface area contributed by atoms with Crippen LogP contribution in [0.3, 0.4) is 0 Å². The van der Waals surface area contributed by atoms with Crippen molar-refractivity contribution in [2.75, 3.05) is 0 Å². The standard InChI is InChI=1S/C15H14ClF5/c1-14(2)10(11(14)7-13(18)15(19,20)21)6-8-5-9(17)3-4-12(8)16/h3-5,7,10-11H,6H2,1-2H3/b13-7-/t10-,11+/m0/s1. The number of rotatable bonds is 3. The molecular formula is C15H14ClF5. The van der Waals surface area contributed by atoms with Crippen LogP contribution in [-0.4, -0.2) is 6.18 Å². The molecule has 1 aromatic rings. The Balaban J connectivity index is 2.17. The molecule has 0 bridgehead atoms. The van der Waals surface area contributed by atoms with E-state index in [4.69, 9.17) is 11.6 Å². The average Bonchev–Trinajstić information content (AvgIpc) is 2.84. The quantitative estimate of drug-likeness (QED) is 0.625. The van der Waals surface area contributed by atoms with Crippen molar-refractivity contribution in [1.82, 2.24) is 0 Å². The summed E-state index contributed by atoms with van der Waals surface area (Å²) >= 11 is 5.95. The van der Waals surface area contributed by atoms with Gasteiger partial charge in [-0.25, -0.2) is 8.78 Å². The normalized spacial score (nSPS) is 25.0. The SMILES string of the molecule is CC1(C)[C@H](/C=C(\F)C(F)(F)F)[C@@H]1Cc1cc(F)ccc1Cl. The van der Waals surface area contributed by atoms with Gasteiger partial charge < -0.3 is 0 Å². The Hall–Kier alpha value is -1.10. The third-order valence-corrected chi connectivity index (χ3v) is 4.55. The maximum absolute atomic E-state index is 13.2. The molecule has 1 aliphatic carbocycles. The Kier molecular flexibility index (Phi) is 4.08. The van der Waals surface area contributed by atoms with Crippen LogP contribution in [0.2, 0.25) is 5.02 Å². The van der Waals surface area contributed by atoms with E-state index in [9.17, 15) is 22.0 Å². The Morgan fingerprint density at radius 1 is 1.33 bits per heavy atom. The van der Waals surface area contributed by atoms with Crippen LogP contribution in [0.4, 0.5) is 22.0 Å². The van der Waals surface area contributed by atoms with E-state index in [0.717, 1.165) is 0 Å². The average molecular weight is 325 g/mol. The van der Waals surface area contributed by atoms with Gasteiger partial charge in [0, 0.05) is 5.02 Å². The summed E-state index contributed by atoms with van der Waals surface area (Å²) in [4.78, 5) is 0. The molecule has 1 saturated carbocycles. The molecule has 0 N–H and O–H groups in total. The zero-order chi connectivity index (χ0) is 16.0. The van der Waals surface area contributed by atoms with Crippen molar-refractivity contribution in [3.05, 3.63) is 46.5 Å². The maximum Gasteiger partial charge on any atom is 0.442 e. The van der Waals surface area contributed by atoms with Crippen LogP contribution in [-0.2, 0) is 6.42 Å². The Morgan fingerprint density at radius 3 is 2.52 bits per heavy atom. The maximum atomic E-state index is 13.2. The first kappa shape index (κ1) is 16.3. The second-order valence-corrected chi connectivity index (χ2v) is 6.31. The van der Waals surface area contributed by atoms with E-state index >= 15 is 0 Å². The minimum atomic E-state index is -4.96. The van der Waals surface area contributed by atoms with Gasteiger partial charge in [-0.05, 0) is 53.5 Å². The fourth-order valence-corrected chi connectivity index (χ4v) is 2.89. The monoisotopic (exact) mass is 324 g/mol. The van der Waals surface area contributed by atoms with E-state index in [0.29, 0.717) is 23.1 Å². The lowest BCUT2D eigenvalue weighted by Crippen LogP contribution is -2.08. The highest BCUT2D eigenvalue weighted by Gasteiger charge is 2.57. The molecule has 21 heavy (non-hydrogen) atoms. The van der Waals surface area contributed by atoms with Crippen LogP contribution >= 0.6 is 11.6 Å². The van der Waals surface area contributed by atoms with Crippen LogP contribution in [0, 0.1) is 23.1 Å². The Morgan fingerprint density at radius 2 is 1.95 bits per heavy atom. The van der Waals surface area contributed by atoms with Gasteiger partial charge in [-0.2, -0.15) is 13.2 Å². The highest BCUT2D eigenvalue weighted by atomic mass is 35.5. The van der Waals surface area contributed by atoms with E-state index in [-0.39, 0.29) is 5.92 Å². The summed E-state index contributed by atoms with van der Waals surface area (Å²) in [6.07, 6.45) is -4.02. The van der Waals surface area contributed by atoms with Gasteiger partial charge in [-0.1, -0.05) is 25.4 Å². The smallest absolute Gasteiger partial charge is 0.207 e. The van der Waals surface area contributed by atoms with Crippen LogP contribution in [0.15, 0.2) is 30.1 Å². The van der Waals surface area contributed by atoms with Crippen molar-refractivity contribution in [2.45, 2.75) is 26.4 Å². The summed E-state index contributed by atoms with van der Waals surface area (Å²) in [6.45, 7) is 3.52. The van der Waals surface area contributed by atoms with Gasteiger partial charge in [0.15, 0.2) is 5.83 Å². The van der Waals surface area contributed by atoms with Gasteiger partial charge in [0.05, 0.1) is 0 Å². The molecular weight excluding hydrogens is 311 g/mol. The summed E-state index contributed by atoms with van der Waals surface area (Å²) in [5, 5.41) is 0.359. The molecule has 0 aliphatic heterocycles. The Bertz CT molecular complexity index is 574. The molecule has 0 unspecified atom stereocenters. The number of allylic oxidation sites excluding steroid dienone is 2. The largest absolute Gasteiger partial charge is 0.442 e. The zero-order valence-electron chi connectivity index (χ0n) is 11.4. The van der Waals surface area contributed by atoms with Crippen molar-refractivity contribution in [3.8, 4) is 0 Å². The number of alkyl halides is 3. The molecule has 1 aromatic carbocycles. The molecule has 1 aliphatic rings. The summed E-state index contributed by atoms with van der Waals surface area (Å²) < 4.78 is 63.0. The first-order chi connectivity index (χ1) is 9.53. The molecule has 0 spiro atoms. The van der Waals surface area contributed by atoms with E-state index in [1.165, 1.54) is 18.2 Å². The second-order valence-electron chi connectivity index (χ2n) is 5.91. The number of hydrogen-bond donors (Lipinski definition) is 0. The molecule has 1 fully saturated rings. The van der Waals surface area contributed by atoms with E-state index in [1.807, 2.05) is 0 Å². The summed E-state index contributed by atoms with van der Waals surface area (Å²) in [6, 6.07) is 3.88. The van der Waals surface area contributed by atoms with Crippen molar-refractivity contribution in [1.29, 1.82) is 0 Å². The second kappa shape index (κ2) is 5.27. The van der Waals surface area contributed by atoms with Crippen molar-refractivity contribution in [2.24, 2.45) is 17.3 Å². The molecule has 2 rings (SSSR count). The van der Waals surface area contributed by atoms with Gasteiger partial charge in [-0.3, -0.25) is 0 Å². The third kappa shape index (κ3) is 3.39. The summed E-state index contributed by atoms with van der Waals surface area (Å²) in [5.41, 5.74) is 0.0520. The molecule has 0 aromatic heterocycles. The first-order valence-corrected chi connectivity index (χ1v) is 6.79. The van der Waals surface area contributed by atoms with Crippen LogP contribution in [0.1, 0.15) is 19.4 Å². The minimum Gasteiger partial charge on any atom is -0.207 e. The summed E-state index contributed by atoms with van der Waals surface area (Å²) in [5.74, 6) is -3.28. The predicted molar refractivity (Wildman–Crippen MR) is 71.1 cm³/mol. The fraction of sp³-hybridized carbons (Fsp3) is 0.467. The third-order valence-electron chi connectivity index (χ3n) is 4.18. The molecule has 2 atom stereocenters. The van der Waals surface area contributed by atoms with E-state index < -0.39 is 29.2 Å². The fourth-order valence-electron chi connectivity index (χ4n) is 2.70. The highest BCUT2D eigenvalue weighted by molar-refractivity contribution is 6.31. The number of benzene rings is 1. The van der Waals surface area contributed by atoms with Gasteiger partial charge in [0.25, 0.3) is 0 Å².